The van der Waals surface area contributed by atoms with Crippen molar-refractivity contribution < 1.29 is 19.1 Å². The Kier molecular flexibility index (Phi) is 5.92. The summed E-state index contributed by atoms with van der Waals surface area (Å²) in [5, 5.41) is 2.19. The van der Waals surface area contributed by atoms with Gasteiger partial charge in [-0.2, -0.15) is 0 Å². The van der Waals surface area contributed by atoms with Gasteiger partial charge in [0.25, 0.3) is 0 Å². The topological polar surface area (TPSA) is 52.6 Å². The zero-order valence-electron chi connectivity index (χ0n) is 13.4. The molecule has 2 rings (SSSR count). The number of hydrogen-bond donors (Lipinski definition) is 0. The lowest BCUT2D eigenvalue weighted by Gasteiger charge is -2.07. The third-order valence-corrected chi connectivity index (χ3v) is 3.29. The highest BCUT2D eigenvalue weighted by atomic mass is 16.5. The largest absolute Gasteiger partial charge is 0.466 e. The van der Waals surface area contributed by atoms with Gasteiger partial charge in [-0.05, 0) is 42.3 Å². The molecule has 2 aromatic rings. The number of esters is 2. The highest BCUT2D eigenvalue weighted by Gasteiger charge is 2.16. The number of rotatable bonds is 6. The summed E-state index contributed by atoms with van der Waals surface area (Å²) < 4.78 is 9.95. The van der Waals surface area contributed by atoms with Crippen LogP contribution in [-0.4, -0.2) is 25.2 Å². The van der Waals surface area contributed by atoms with Gasteiger partial charge in [0, 0.05) is 5.57 Å². The second-order valence-electron chi connectivity index (χ2n) is 4.98. The molecule has 0 amide bonds. The molecule has 0 bridgehead atoms. The quantitative estimate of drug-likeness (QED) is 0.602. The van der Waals surface area contributed by atoms with Gasteiger partial charge in [0.15, 0.2) is 0 Å². The van der Waals surface area contributed by atoms with Crippen molar-refractivity contribution in [2.45, 2.75) is 20.3 Å². The van der Waals surface area contributed by atoms with E-state index in [2.05, 4.69) is 0 Å². The summed E-state index contributed by atoms with van der Waals surface area (Å²) in [6, 6.07) is 13.8. The van der Waals surface area contributed by atoms with E-state index in [1.165, 1.54) is 0 Å². The highest BCUT2D eigenvalue weighted by Crippen LogP contribution is 2.19. The van der Waals surface area contributed by atoms with Crippen molar-refractivity contribution in [1.82, 2.24) is 0 Å². The monoisotopic (exact) mass is 312 g/mol. The molecule has 120 valence electrons. The SMILES string of the molecule is CCOC(=O)C/C(=C/c1ccc2ccccc2c1)C(=O)OCC. The first-order chi connectivity index (χ1) is 11.1. The molecule has 4 heteroatoms. The summed E-state index contributed by atoms with van der Waals surface area (Å²) in [5.74, 6) is -0.929. The predicted molar refractivity (Wildman–Crippen MR) is 89.8 cm³/mol. The van der Waals surface area contributed by atoms with Crippen LogP contribution in [0.2, 0.25) is 0 Å². The fraction of sp³-hybridized carbons (Fsp3) is 0.263. The molecule has 0 aliphatic rings. The molecule has 4 nitrogen and oxygen atoms in total. The fourth-order valence-corrected chi connectivity index (χ4v) is 2.27. The number of benzene rings is 2. The van der Waals surface area contributed by atoms with Crippen LogP contribution in [0.15, 0.2) is 48.0 Å². The summed E-state index contributed by atoms with van der Waals surface area (Å²) >= 11 is 0. The van der Waals surface area contributed by atoms with E-state index in [0.29, 0.717) is 5.57 Å². The Morgan fingerprint density at radius 1 is 0.957 bits per heavy atom. The van der Waals surface area contributed by atoms with Crippen LogP contribution in [0.1, 0.15) is 25.8 Å². The molecular formula is C19H20O4. The Balaban J connectivity index is 2.32. The van der Waals surface area contributed by atoms with Gasteiger partial charge in [0.2, 0.25) is 0 Å². The van der Waals surface area contributed by atoms with E-state index in [9.17, 15) is 9.59 Å². The second-order valence-corrected chi connectivity index (χ2v) is 4.98. The Morgan fingerprint density at radius 2 is 1.65 bits per heavy atom. The minimum absolute atomic E-state index is 0.0977. The smallest absolute Gasteiger partial charge is 0.334 e. The molecular weight excluding hydrogens is 292 g/mol. The van der Waals surface area contributed by atoms with Crippen LogP contribution < -0.4 is 0 Å². The molecule has 0 unspecified atom stereocenters. The lowest BCUT2D eigenvalue weighted by atomic mass is 10.0. The van der Waals surface area contributed by atoms with E-state index in [4.69, 9.17) is 9.47 Å². The first-order valence-corrected chi connectivity index (χ1v) is 7.66. The number of ether oxygens (including phenoxy) is 2. The number of fused-ring (bicyclic) bond motifs is 1. The molecule has 0 spiro atoms. The van der Waals surface area contributed by atoms with E-state index in [1.54, 1.807) is 19.9 Å². The molecule has 0 radical (unpaired) electrons. The van der Waals surface area contributed by atoms with Crippen LogP contribution in [0, 0.1) is 0 Å². The van der Waals surface area contributed by atoms with E-state index >= 15 is 0 Å². The second kappa shape index (κ2) is 8.13. The van der Waals surface area contributed by atoms with Crippen molar-refractivity contribution in [2.24, 2.45) is 0 Å². The Bertz CT molecular complexity index is 731. The van der Waals surface area contributed by atoms with Gasteiger partial charge < -0.3 is 9.47 Å². The van der Waals surface area contributed by atoms with Crippen LogP contribution >= 0.6 is 0 Å². The summed E-state index contributed by atoms with van der Waals surface area (Å²) in [5.41, 5.74) is 1.14. The Morgan fingerprint density at radius 3 is 2.35 bits per heavy atom. The molecule has 0 aliphatic carbocycles. The van der Waals surface area contributed by atoms with Gasteiger partial charge in [0.1, 0.15) is 0 Å². The van der Waals surface area contributed by atoms with Crippen LogP contribution in [0.4, 0.5) is 0 Å². The maximum atomic E-state index is 12.1. The van der Waals surface area contributed by atoms with Gasteiger partial charge in [-0.25, -0.2) is 4.79 Å². The number of carbonyl (C=O) groups is 2. The molecule has 0 N–H and O–H groups in total. The summed E-state index contributed by atoms with van der Waals surface area (Å²) in [4.78, 5) is 23.7. The van der Waals surface area contributed by atoms with E-state index in [0.717, 1.165) is 16.3 Å². The Hall–Kier alpha value is -2.62. The van der Waals surface area contributed by atoms with Crippen molar-refractivity contribution in [3.8, 4) is 0 Å². The van der Waals surface area contributed by atoms with Crippen molar-refractivity contribution in [3.63, 3.8) is 0 Å². The number of carbonyl (C=O) groups excluding carboxylic acids is 2. The predicted octanol–water partition coefficient (Wildman–Crippen LogP) is 3.74. The standard InChI is InChI=1S/C19H20O4/c1-3-22-18(20)13-17(19(21)23-4-2)12-14-9-10-15-7-5-6-8-16(15)11-14/h5-12H,3-4,13H2,1-2H3/b17-12-. The fourth-order valence-electron chi connectivity index (χ4n) is 2.27. The first kappa shape index (κ1) is 16.7. The van der Waals surface area contributed by atoms with E-state index < -0.39 is 11.9 Å². The van der Waals surface area contributed by atoms with E-state index in [1.807, 2.05) is 42.5 Å². The summed E-state index contributed by atoms with van der Waals surface area (Å²) in [7, 11) is 0. The van der Waals surface area contributed by atoms with E-state index in [-0.39, 0.29) is 19.6 Å². The molecule has 0 atom stereocenters. The highest BCUT2D eigenvalue weighted by molar-refractivity contribution is 5.99. The average molecular weight is 312 g/mol. The number of hydrogen-bond acceptors (Lipinski definition) is 4. The molecule has 0 saturated heterocycles. The molecule has 0 aliphatic heterocycles. The maximum absolute atomic E-state index is 12.1. The molecule has 2 aromatic carbocycles. The molecule has 0 fully saturated rings. The molecule has 23 heavy (non-hydrogen) atoms. The van der Waals surface area contributed by atoms with Gasteiger partial charge in [-0.15, -0.1) is 0 Å². The summed E-state index contributed by atoms with van der Waals surface area (Å²) in [6.45, 7) is 4.01. The minimum Gasteiger partial charge on any atom is -0.466 e. The molecule has 0 heterocycles. The van der Waals surface area contributed by atoms with Gasteiger partial charge in [-0.1, -0.05) is 36.4 Å². The zero-order chi connectivity index (χ0) is 16.7. The minimum atomic E-state index is -0.492. The summed E-state index contributed by atoms with van der Waals surface area (Å²) in [6.07, 6.45) is 1.58. The van der Waals surface area contributed by atoms with Crippen molar-refractivity contribution >= 4 is 28.8 Å². The molecule has 0 saturated carbocycles. The normalized spacial score (nSPS) is 11.3. The average Bonchev–Trinajstić information content (AvgIpc) is 2.54. The Labute approximate surface area is 135 Å². The van der Waals surface area contributed by atoms with Gasteiger partial charge in [0.05, 0.1) is 19.6 Å². The van der Waals surface area contributed by atoms with Crippen molar-refractivity contribution in [2.75, 3.05) is 13.2 Å². The third-order valence-electron chi connectivity index (χ3n) is 3.29. The van der Waals surface area contributed by atoms with Crippen LogP contribution in [0.25, 0.3) is 16.8 Å². The third kappa shape index (κ3) is 4.68. The zero-order valence-corrected chi connectivity index (χ0v) is 13.4. The van der Waals surface area contributed by atoms with Crippen molar-refractivity contribution in [1.29, 1.82) is 0 Å². The van der Waals surface area contributed by atoms with Crippen LogP contribution in [0.5, 0.6) is 0 Å². The van der Waals surface area contributed by atoms with Crippen LogP contribution in [0.3, 0.4) is 0 Å². The lowest BCUT2D eigenvalue weighted by Crippen LogP contribution is -2.13. The van der Waals surface area contributed by atoms with Crippen molar-refractivity contribution in [3.05, 3.63) is 53.6 Å². The van der Waals surface area contributed by atoms with Crippen LogP contribution in [-0.2, 0) is 19.1 Å². The lowest BCUT2D eigenvalue weighted by molar-refractivity contribution is -0.145. The molecule has 0 aromatic heterocycles. The van der Waals surface area contributed by atoms with Gasteiger partial charge >= 0.3 is 11.9 Å². The first-order valence-electron chi connectivity index (χ1n) is 7.66. The maximum Gasteiger partial charge on any atom is 0.334 e. The van der Waals surface area contributed by atoms with Gasteiger partial charge in [-0.3, -0.25) is 4.79 Å².